The first-order valence-corrected chi connectivity index (χ1v) is 13.3. The number of carboxylic acids is 1. The Bertz CT molecular complexity index is 1420. The Morgan fingerprint density at radius 3 is 2.75 bits per heavy atom. The molecule has 2 N–H and O–H groups in total. The van der Waals surface area contributed by atoms with Gasteiger partial charge in [0.25, 0.3) is 0 Å². The number of nitrogens with zero attached hydrogens (tertiary/aromatic N) is 2. The van der Waals surface area contributed by atoms with Crippen molar-refractivity contribution >= 4 is 28.5 Å². The Labute approximate surface area is 235 Å². The van der Waals surface area contributed by atoms with Gasteiger partial charge in [-0.15, -0.1) is 0 Å². The number of alkyl halides is 3. The summed E-state index contributed by atoms with van der Waals surface area (Å²) in [4.78, 5) is 18.0. The Balaban J connectivity index is 1.39. The van der Waals surface area contributed by atoms with E-state index in [-0.39, 0.29) is 28.8 Å². The van der Waals surface area contributed by atoms with E-state index in [9.17, 15) is 28.2 Å². The predicted octanol–water partition coefficient (Wildman–Crippen LogP) is 6.19. The van der Waals surface area contributed by atoms with Crippen molar-refractivity contribution in [1.82, 2.24) is 9.88 Å². The van der Waals surface area contributed by atoms with Crippen LogP contribution in [0.15, 0.2) is 48.7 Å². The molecule has 0 spiro atoms. The second-order valence-electron chi connectivity index (χ2n) is 10.0. The lowest BCUT2D eigenvalue weighted by atomic mass is 9.79. The molecular formula is C30H30ClF3N2O4. The number of ether oxygens (including phenoxy) is 1. The largest absolute Gasteiger partial charge is 0.497 e. The molecule has 1 aliphatic heterocycles. The molecule has 0 amide bonds. The molecule has 6 nitrogen and oxygen atoms in total. The summed E-state index contributed by atoms with van der Waals surface area (Å²) in [5.41, 5.74) is 0.791. The van der Waals surface area contributed by atoms with Gasteiger partial charge in [-0.3, -0.25) is 14.7 Å². The lowest BCUT2D eigenvalue weighted by molar-refractivity contribution is -0.139. The number of hydrogen-bond donors (Lipinski definition) is 2. The molecule has 10 heteroatoms. The van der Waals surface area contributed by atoms with Crippen LogP contribution in [0.5, 0.6) is 5.75 Å². The van der Waals surface area contributed by atoms with Crippen molar-refractivity contribution < 1.29 is 32.9 Å². The SMILES string of the molecule is COc1ccc2nccc([C@@H](O)CC[C@@H]3CCN(CC#Cc4ccc(Cl)c(C(F)(F)F)c4)C[C@@H]3CC(=O)O)c2c1. The Morgan fingerprint density at radius 2 is 2.02 bits per heavy atom. The topological polar surface area (TPSA) is 82.9 Å². The number of benzene rings is 2. The lowest BCUT2D eigenvalue weighted by Gasteiger charge is -2.37. The van der Waals surface area contributed by atoms with Crippen LogP contribution in [-0.4, -0.2) is 52.8 Å². The zero-order chi connectivity index (χ0) is 28.9. The fraction of sp³-hybridized carbons (Fsp3) is 0.400. The maximum absolute atomic E-state index is 13.1. The number of pyridine rings is 1. The molecule has 0 aliphatic carbocycles. The van der Waals surface area contributed by atoms with Crippen LogP contribution >= 0.6 is 11.6 Å². The molecule has 3 atom stereocenters. The first-order valence-electron chi connectivity index (χ1n) is 13.0. The Hall–Kier alpha value is -3.32. The molecule has 2 aromatic carbocycles. The molecular weight excluding hydrogens is 545 g/mol. The average Bonchev–Trinajstić information content (AvgIpc) is 2.91. The fourth-order valence-electron chi connectivity index (χ4n) is 5.30. The molecule has 3 aromatic rings. The van der Waals surface area contributed by atoms with Crippen molar-refractivity contribution in [3.63, 3.8) is 0 Å². The number of piperidine rings is 1. The van der Waals surface area contributed by atoms with E-state index >= 15 is 0 Å². The van der Waals surface area contributed by atoms with E-state index in [4.69, 9.17) is 16.3 Å². The third-order valence-electron chi connectivity index (χ3n) is 7.37. The van der Waals surface area contributed by atoms with E-state index in [0.717, 1.165) is 29.0 Å². The molecule has 2 heterocycles. The van der Waals surface area contributed by atoms with E-state index in [0.29, 0.717) is 38.2 Å². The van der Waals surface area contributed by atoms with E-state index in [1.807, 2.05) is 23.1 Å². The van der Waals surface area contributed by atoms with E-state index in [1.165, 1.54) is 12.1 Å². The van der Waals surface area contributed by atoms with Crippen molar-refractivity contribution in [3.05, 3.63) is 70.4 Å². The van der Waals surface area contributed by atoms with Gasteiger partial charge in [-0.2, -0.15) is 13.2 Å². The highest BCUT2D eigenvalue weighted by molar-refractivity contribution is 6.31. The predicted molar refractivity (Wildman–Crippen MR) is 146 cm³/mol. The van der Waals surface area contributed by atoms with Crippen LogP contribution < -0.4 is 4.74 Å². The Kier molecular flexibility index (Phi) is 9.56. The van der Waals surface area contributed by atoms with Gasteiger partial charge in [-0.1, -0.05) is 23.4 Å². The monoisotopic (exact) mass is 574 g/mol. The zero-order valence-electron chi connectivity index (χ0n) is 21.9. The number of carbonyl (C=O) groups is 1. The minimum Gasteiger partial charge on any atom is -0.497 e. The summed E-state index contributed by atoms with van der Waals surface area (Å²) in [6.07, 6.45) is -1.80. The van der Waals surface area contributed by atoms with Crippen LogP contribution in [0.25, 0.3) is 10.9 Å². The van der Waals surface area contributed by atoms with Gasteiger partial charge in [-0.05, 0) is 85.7 Å². The molecule has 1 aromatic heterocycles. The maximum atomic E-state index is 13.1. The van der Waals surface area contributed by atoms with Crippen molar-refractivity contribution in [3.8, 4) is 17.6 Å². The molecule has 4 rings (SSSR count). The van der Waals surface area contributed by atoms with Crippen LogP contribution in [0, 0.1) is 23.7 Å². The number of aliphatic hydroxyl groups excluding tert-OH is 1. The minimum absolute atomic E-state index is 0.00773. The normalized spacial score (nSPS) is 18.6. The molecule has 0 bridgehead atoms. The highest BCUT2D eigenvalue weighted by Gasteiger charge is 2.33. The van der Waals surface area contributed by atoms with Crippen molar-refractivity contribution in [2.75, 3.05) is 26.7 Å². The van der Waals surface area contributed by atoms with Crippen molar-refractivity contribution in [2.45, 2.75) is 38.0 Å². The molecule has 1 fully saturated rings. The van der Waals surface area contributed by atoms with Crippen molar-refractivity contribution in [2.24, 2.45) is 11.8 Å². The molecule has 212 valence electrons. The van der Waals surface area contributed by atoms with Gasteiger partial charge >= 0.3 is 12.1 Å². The van der Waals surface area contributed by atoms with E-state index < -0.39 is 23.8 Å². The van der Waals surface area contributed by atoms with Gasteiger partial charge in [0.15, 0.2) is 0 Å². The highest BCUT2D eigenvalue weighted by Crippen LogP contribution is 2.36. The van der Waals surface area contributed by atoms with Gasteiger partial charge in [0.1, 0.15) is 5.75 Å². The number of fused-ring (bicyclic) bond motifs is 1. The second-order valence-corrected chi connectivity index (χ2v) is 10.4. The number of aromatic nitrogens is 1. The summed E-state index contributed by atoms with van der Waals surface area (Å²) < 4.78 is 44.7. The van der Waals surface area contributed by atoms with Gasteiger partial charge in [0.05, 0.1) is 35.9 Å². The minimum atomic E-state index is -4.56. The van der Waals surface area contributed by atoms with Gasteiger partial charge in [0.2, 0.25) is 0 Å². The van der Waals surface area contributed by atoms with Gasteiger partial charge in [-0.25, -0.2) is 0 Å². The van der Waals surface area contributed by atoms with E-state index in [2.05, 4.69) is 16.8 Å². The summed E-state index contributed by atoms with van der Waals surface area (Å²) in [7, 11) is 1.58. The lowest BCUT2D eigenvalue weighted by Crippen LogP contribution is -2.41. The number of carboxylic acid groups (broad SMARTS) is 1. The zero-order valence-corrected chi connectivity index (χ0v) is 22.7. The standard InChI is InChI=1S/C30H30ClF3N2O4/c1-40-22-6-8-27-24(17-22)23(10-12-35-27)28(37)9-5-20-11-14-36(18-21(20)16-29(38)39)13-2-3-19-4-7-26(31)25(15-19)30(32,33)34/h4,6-8,10,12,15,17,20-21,28,37H,5,9,11,13-14,16,18H2,1H3,(H,38,39)/t20-,21+,28+/m1/s1. The molecule has 1 aliphatic rings. The molecule has 0 unspecified atom stereocenters. The molecule has 0 radical (unpaired) electrons. The van der Waals surface area contributed by atoms with Crippen molar-refractivity contribution in [1.29, 1.82) is 0 Å². The molecule has 40 heavy (non-hydrogen) atoms. The maximum Gasteiger partial charge on any atom is 0.417 e. The van der Waals surface area contributed by atoms with Crippen LogP contribution in [0.2, 0.25) is 5.02 Å². The number of halogens is 4. The average molecular weight is 575 g/mol. The van der Waals surface area contributed by atoms with E-state index in [1.54, 1.807) is 19.4 Å². The number of methoxy groups -OCH3 is 1. The van der Waals surface area contributed by atoms with Crippen LogP contribution in [0.3, 0.4) is 0 Å². The van der Waals surface area contributed by atoms with Gasteiger partial charge < -0.3 is 14.9 Å². The summed E-state index contributed by atoms with van der Waals surface area (Å²) in [6, 6.07) is 10.9. The highest BCUT2D eigenvalue weighted by atomic mass is 35.5. The summed E-state index contributed by atoms with van der Waals surface area (Å²) >= 11 is 5.68. The first-order chi connectivity index (χ1) is 19.0. The summed E-state index contributed by atoms with van der Waals surface area (Å²) in [5, 5.41) is 21.0. The van der Waals surface area contributed by atoms with Crippen LogP contribution in [0.4, 0.5) is 13.2 Å². The summed E-state index contributed by atoms with van der Waals surface area (Å²) in [6.45, 7) is 1.49. The number of likely N-dealkylation sites (tertiary alicyclic amines) is 1. The third-order valence-corrected chi connectivity index (χ3v) is 7.70. The van der Waals surface area contributed by atoms with Crippen LogP contribution in [-0.2, 0) is 11.0 Å². The smallest absolute Gasteiger partial charge is 0.417 e. The van der Waals surface area contributed by atoms with Crippen LogP contribution in [0.1, 0.15) is 48.5 Å². The first kappa shape index (κ1) is 29.7. The number of aliphatic carboxylic acids is 1. The molecule has 1 saturated heterocycles. The second kappa shape index (κ2) is 12.9. The summed E-state index contributed by atoms with van der Waals surface area (Å²) in [5.74, 6) is 5.42. The quantitative estimate of drug-likeness (QED) is 0.312. The number of rotatable bonds is 8. The Morgan fingerprint density at radius 1 is 1.23 bits per heavy atom. The number of aliphatic hydroxyl groups is 1. The van der Waals surface area contributed by atoms with Gasteiger partial charge in [0, 0.05) is 30.1 Å². The fourth-order valence-corrected chi connectivity index (χ4v) is 5.53. The molecule has 0 saturated carbocycles. The third kappa shape index (κ3) is 7.45. The number of hydrogen-bond acceptors (Lipinski definition) is 5.